The first kappa shape index (κ1) is 29.9. The zero-order valence-electron chi connectivity index (χ0n) is 24.9. The molecule has 1 saturated carbocycles. The molecule has 7 atom stereocenters. The maximum Gasteiger partial charge on any atom is 0.292 e. The normalized spacial score (nSPS) is 33.8. The van der Waals surface area contributed by atoms with Gasteiger partial charge in [0.15, 0.2) is 0 Å². The number of anilines is 1. The Hall–Kier alpha value is -2.19. The second kappa shape index (κ2) is 12.4. The van der Waals surface area contributed by atoms with E-state index in [2.05, 4.69) is 40.8 Å². The van der Waals surface area contributed by atoms with E-state index in [0.717, 1.165) is 74.5 Å². The van der Waals surface area contributed by atoms with E-state index in [1.54, 1.807) is 6.07 Å². The summed E-state index contributed by atoms with van der Waals surface area (Å²) < 4.78 is 28.8. The molecule has 2 aliphatic carbocycles. The van der Waals surface area contributed by atoms with Crippen LogP contribution >= 0.6 is 11.6 Å². The molecule has 6 rings (SSSR count). The van der Waals surface area contributed by atoms with E-state index >= 15 is 0 Å². The van der Waals surface area contributed by atoms with Gasteiger partial charge in [0.1, 0.15) is 11.0 Å². The molecule has 2 heterocycles. The molecule has 4 aliphatic rings. The van der Waals surface area contributed by atoms with Crippen LogP contribution in [-0.4, -0.2) is 48.6 Å². The Morgan fingerprint density at radius 1 is 1.24 bits per heavy atom. The minimum Gasteiger partial charge on any atom is -0.593 e. The SMILES string of the molecule is CCC1C(C)C/C=C/C(OC)C2CCC2CN2CC3(CCCc4cc(Cl)ccc43)COc3ccc(cc32)C(=O)N[S+]1[O-]. The lowest BCUT2D eigenvalue weighted by Gasteiger charge is -2.46. The Morgan fingerprint density at radius 3 is 2.86 bits per heavy atom. The van der Waals surface area contributed by atoms with Crippen molar-refractivity contribution in [2.45, 2.75) is 75.6 Å². The van der Waals surface area contributed by atoms with Crippen molar-refractivity contribution in [1.82, 2.24) is 4.72 Å². The Kier molecular flexibility index (Phi) is 8.84. The summed E-state index contributed by atoms with van der Waals surface area (Å²) in [6, 6.07) is 12.0. The third-order valence-corrected chi connectivity index (χ3v) is 12.2. The first-order valence-corrected chi connectivity index (χ1v) is 17.1. The fourth-order valence-electron chi connectivity index (χ4n) is 7.76. The summed E-state index contributed by atoms with van der Waals surface area (Å²) in [4.78, 5) is 15.9. The standard InChI is InChI=1S/C34H43ClN2O4S/c1-4-32-22(2)7-5-9-30(40-3)27-13-10-25(27)19-37-20-34(16-6-8-23-17-26(35)12-14-28(23)34)21-41-31-15-11-24(18-29(31)37)33(38)36-42(32)39/h5,9,11-12,14-15,17-18,22,25,27,30,32H,4,6-8,10,13,16,19-21H2,1-3H3,(H,36,38)/b9-5+. The summed E-state index contributed by atoms with van der Waals surface area (Å²) in [6.07, 6.45) is 11.4. The van der Waals surface area contributed by atoms with E-state index in [1.807, 2.05) is 32.2 Å². The van der Waals surface area contributed by atoms with Gasteiger partial charge >= 0.3 is 0 Å². The number of amides is 1. The number of carbonyl (C=O) groups excluding carboxylic acids is 1. The first-order valence-electron chi connectivity index (χ1n) is 15.5. The van der Waals surface area contributed by atoms with E-state index in [0.29, 0.717) is 24.0 Å². The van der Waals surface area contributed by atoms with Crippen molar-refractivity contribution >= 4 is 34.6 Å². The Bertz CT molecular complexity index is 1340. The third-order valence-electron chi connectivity index (χ3n) is 10.3. The van der Waals surface area contributed by atoms with E-state index in [-0.39, 0.29) is 28.6 Å². The zero-order valence-corrected chi connectivity index (χ0v) is 26.5. The molecule has 226 valence electrons. The van der Waals surface area contributed by atoms with Crippen molar-refractivity contribution in [1.29, 1.82) is 0 Å². The molecule has 0 saturated heterocycles. The number of fused-ring (bicyclic) bond motifs is 4. The molecule has 6 nitrogen and oxygen atoms in total. The highest BCUT2D eigenvalue weighted by Gasteiger charge is 2.44. The van der Waals surface area contributed by atoms with Crippen molar-refractivity contribution in [3.05, 3.63) is 70.3 Å². The van der Waals surface area contributed by atoms with Crippen molar-refractivity contribution in [3.8, 4) is 5.75 Å². The lowest BCUT2D eigenvalue weighted by Crippen LogP contribution is -2.49. The summed E-state index contributed by atoms with van der Waals surface area (Å²) in [5, 5.41) is 0.640. The molecular formula is C34H43ClN2O4S. The first-order chi connectivity index (χ1) is 20.3. The molecule has 2 bridgehead atoms. The highest BCUT2D eigenvalue weighted by Crippen LogP contribution is 2.47. The van der Waals surface area contributed by atoms with Gasteiger partial charge in [0.05, 0.1) is 29.8 Å². The fraction of sp³-hybridized carbons (Fsp3) is 0.559. The van der Waals surface area contributed by atoms with Crippen LogP contribution in [-0.2, 0) is 27.9 Å². The second-order valence-electron chi connectivity index (χ2n) is 12.8. The molecule has 2 aliphatic heterocycles. The molecule has 0 aromatic heterocycles. The molecule has 2 aromatic carbocycles. The van der Waals surface area contributed by atoms with E-state index in [1.165, 1.54) is 11.1 Å². The van der Waals surface area contributed by atoms with Gasteiger partial charge in [-0.1, -0.05) is 43.7 Å². The number of hydrogen-bond acceptors (Lipinski definition) is 5. The number of ether oxygens (including phenoxy) is 2. The Morgan fingerprint density at radius 2 is 2.10 bits per heavy atom. The molecule has 1 spiro atoms. The van der Waals surface area contributed by atoms with Crippen LogP contribution in [0, 0.1) is 17.8 Å². The van der Waals surface area contributed by atoms with Crippen molar-refractivity contribution in [3.63, 3.8) is 0 Å². The van der Waals surface area contributed by atoms with Gasteiger partial charge in [-0.2, -0.15) is 4.72 Å². The van der Waals surface area contributed by atoms with E-state index in [9.17, 15) is 9.35 Å². The number of allylic oxidation sites excluding steroid dienone is 1. The molecule has 8 heteroatoms. The maximum atomic E-state index is 13.5. The van der Waals surface area contributed by atoms with Crippen LogP contribution in [0.3, 0.4) is 0 Å². The number of carbonyl (C=O) groups is 1. The summed E-state index contributed by atoms with van der Waals surface area (Å²) in [5.41, 5.74) is 3.91. The van der Waals surface area contributed by atoms with Gasteiger partial charge in [-0.25, -0.2) is 0 Å². The Labute approximate surface area is 258 Å². The highest BCUT2D eigenvalue weighted by molar-refractivity contribution is 7.90. The molecular weight excluding hydrogens is 568 g/mol. The molecule has 42 heavy (non-hydrogen) atoms. The lowest BCUT2D eigenvalue weighted by atomic mass is 9.68. The second-order valence-corrected chi connectivity index (χ2v) is 14.6. The lowest BCUT2D eigenvalue weighted by molar-refractivity contribution is 0.0131. The molecule has 2 aromatic rings. The van der Waals surface area contributed by atoms with Crippen molar-refractivity contribution in [2.75, 3.05) is 31.7 Å². The third kappa shape index (κ3) is 5.70. The topological polar surface area (TPSA) is 73.9 Å². The number of benzene rings is 2. The van der Waals surface area contributed by atoms with Crippen LogP contribution in [0.25, 0.3) is 0 Å². The monoisotopic (exact) mass is 610 g/mol. The maximum absolute atomic E-state index is 13.5. The van der Waals surface area contributed by atoms with Crippen molar-refractivity contribution in [2.24, 2.45) is 17.8 Å². The van der Waals surface area contributed by atoms with Gasteiger partial charge in [-0.05, 0) is 98.2 Å². The van der Waals surface area contributed by atoms with Gasteiger partial charge in [-0.3, -0.25) is 4.79 Å². The molecule has 1 fully saturated rings. The number of aryl methyl sites for hydroxylation is 1. The van der Waals surface area contributed by atoms with Gasteiger partial charge in [0, 0.05) is 42.1 Å². The summed E-state index contributed by atoms with van der Waals surface area (Å²) >= 11 is 4.93. The van der Waals surface area contributed by atoms with Crippen LogP contribution < -0.4 is 14.4 Å². The number of nitrogens with zero attached hydrogens (tertiary/aromatic N) is 1. The summed E-state index contributed by atoms with van der Waals surface area (Å²) in [7, 11) is 1.81. The molecule has 1 amide bonds. The van der Waals surface area contributed by atoms with E-state index in [4.69, 9.17) is 21.1 Å². The smallest absolute Gasteiger partial charge is 0.292 e. The average Bonchev–Trinajstić information content (AvgIpc) is 3.11. The predicted molar refractivity (Wildman–Crippen MR) is 170 cm³/mol. The Balaban J connectivity index is 1.41. The van der Waals surface area contributed by atoms with Crippen LogP contribution in [0.4, 0.5) is 5.69 Å². The van der Waals surface area contributed by atoms with Gasteiger partial charge in [0.2, 0.25) is 0 Å². The number of halogens is 1. The summed E-state index contributed by atoms with van der Waals surface area (Å²) in [5.74, 6) is 1.55. The van der Waals surface area contributed by atoms with Crippen LogP contribution in [0.5, 0.6) is 5.75 Å². The quantitative estimate of drug-likeness (QED) is 0.305. The average molecular weight is 611 g/mol. The van der Waals surface area contributed by atoms with Crippen LogP contribution in [0.1, 0.15) is 73.9 Å². The fourth-order valence-corrected chi connectivity index (χ4v) is 9.24. The largest absolute Gasteiger partial charge is 0.593 e. The van der Waals surface area contributed by atoms with Gasteiger partial charge in [0.25, 0.3) is 5.91 Å². The minimum absolute atomic E-state index is 0.0506. The van der Waals surface area contributed by atoms with Crippen LogP contribution in [0.2, 0.25) is 5.02 Å². The predicted octanol–water partition coefficient (Wildman–Crippen LogP) is 6.62. The van der Waals surface area contributed by atoms with Gasteiger partial charge in [-0.15, -0.1) is 0 Å². The number of rotatable bonds is 2. The molecule has 0 radical (unpaired) electrons. The molecule has 1 N–H and O–H groups in total. The van der Waals surface area contributed by atoms with Crippen LogP contribution in [0.15, 0.2) is 48.6 Å². The minimum atomic E-state index is -1.49. The molecule has 7 unspecified atom stereocenters. The zero-order chi connectivity index (χ0) is 29.4. The van der Waals surface area contributed by atoms with E-state index < -0.39 is 11.4 Å². The summed E-state index contributed by atoms with van der Waals surface area (Å²) in [6.45, 7) is 6.40. The highest BCUT2D eigenvalue weighted by atomic mass is 35.5. The van der Waals surface area contributed by atoms with Crippen molar-refractivity contribution < 1.29 is 18.8 Å². The number of hydrogen-bond donors (Lipinski definition) is 1. The number of nitrogens with one attached hydrogen (secondary N) is 1. The van der Waals surface area contributed by atoms with Gasteiger partial charge < -0.3 is 18.9 Å². The number of methoxy groups -OCH3 is 1.